The van der Waals surface area contributed by atoms with Gasteiger partial charge in [-0.2, -0.15) is 11.8 Å². The summed E-state index contributed by atoms with van der Waals surface area (Å²) in [4.78, 5) is 21.9. The minimum Gasteiger partial charge on any atom is -0.379 e. The van der Waals surface area contributed by atoms with Crippen molar-refractivity contribution in [3.63, 3.8) is 0 Å². The second kappa shape index (κ2) is 6.85. The van der Waals surface area contributed by atoms with Gasteiger partial charge in [0.1, 0.15) is 5.69 Å². The number of hydrogen-bond acceptors (Lipinski definition) is 5. The molecule has 7 heteroatoms. The third-order valence-electron chi connectivity index (χ3n) is 2.30. The molecule has 0 saturated carbocycles. The molecule has 0 aromatic heterocycles. The summed E-state index contributed by atoms with van der Waals surface area (Å²) in [5.41, 5.74) is 0.744. The molecule has 2 N–H and O–H groups in total. The van der Waals surface area contributed by atoms with E-state index in [1.165, 1.54) is 25.2 Å². The van der Waals surface area contributed by atoms with E-state index in [1.54, 1.807) is 11.8 Å². The van der Waals surface area contributed by atoms with Crippen LogP contribution in [0.25, 0.3) is 0 Å². The lowest BCUT2D eigenvalue weighted by molar-refractivity contribution is -0.384. The predicted molar refractivity (Wildman–Crippen MR) is 73.4 cm³/mol. The standard InChI is InChI=1S/C11H15N3O3S/c1-12-11(15)8-3-4-10(14(16)17)9(7-8)13-5-6-18-2/h3-4,7,13H,5-6H2,1-2H3,(H,12,15). The molecule has 0 unspecified atom stereocenters. The molecular formula is C11H15N3O3S. The molecule has 0 aliphatic heterocycles. The maximum absolute atomic E-state index is 11.5. The van der Waals surface area contributed by atoms with Gasteiger partial charge in [0.15, 0.2) is 0 Å². The van der Waals surface area contributed by atoms with Gasteiger partial charge in [0.2, 0.25) is 0 Å². The lowest BCUT2D eigenvalue weighted by Crippen LogP contribution is -2.18. The van der Waals surface area contributed by atoms with Gasteiger partial charge in [0.25, 0.3) is 11.6 Å². The third-order valence-corrected chi connectivity index (χ3v) is 2.92. The highest BCUT2D eigenvalue weighted by Crippen LogP contribution is 2.25. The number of thioether (sulfide) groups is 1. The van der Waals surface area contributed by atoms with E-state index in [9.17, 15) is 14.9 Å². The Morgan fingerprint density at radius 1 is 1.50 bits per heavy atom. The number of amides is 1. The lowest BCUT2D eigenvalue weighted by Gasteiger charge is -2.08. The largest absolute Gasteiger partial charge is 0.379 e. The van der Waals surface area contributed by atoms with E-state index < -0.39 is 4.92 Å². The summed E-state index contributed by atoms with van der Waals surface area (Å²) < 4.78 is 0. The smallest absolute Gasteiger partial charge is 0.292 e. The van der Waals surface area contributed by atoms with Crippen molar-refractivity contribution in [2.24, 2.45) is 0 Å². The Kier molecular flexibility index (Phi) is 5.44. The highest BCUT2D eigenvalue weighted by atomic mass is 32.2. The second-order valence-electron chi connectivity index (χ2n) is 3.49. The van der Waals surface area contributed by atoms with Crippen LogP contribution in [0.15, 0.2) is 18.2 Å². The highest BCUT2D eigenvalue weighted by Gasteiger charge is 2.15. The Balaban J connectivity index is 2.99. The maximum atomic E-state index is 11.5. The molecule has 1 amide bonds. The van der Waals surface area contributed by atoms with Crippen LogP contribution in [-0.4, -0.2) is 36.4 Å². The summed E-state index contributed by atoms with van der Waals surface area (Å²) in [6.45, 7) is 0.610. The predicted octanol–water partition coefficient (Wildman–Crippen LogP) is 1.73. The fourth-order valence-corrected chi connectivity index (χ4v) is 1.72. The highest BCUT2D eigenvalue weighted by molar-refractivity contribution is 7.98. The number of rotatable bonds is 6. The number of nitro benzene ring substituents is 1. The second-order valence-corrected chi connectivity index (χ2v) is 4.47. The topological polar surface area (TPSA) is 84.3 Å². The molecule has 0 aliphatic carbocycles. The van der Waals surface area contributed by atoms with Crippen molar-refractivity contribution in [1.29, 1.82) is 0 Å². The van der Waals surface area contributed by atoms with Crippen LogP contribution >= 0.6 is 11.8 Å². The molecule has 1 rings (SSSR count). The van der Waals surface area contributed by atoms with Crippen LogP contribution in [-0.2, 0) is 0 Å². The Bertz CT molecular complexity index is 451. The summed E-state index contributed by atoms with van der Waals surface area (Å²) in [5, 5.41) is 16.3. The van der Waals surface area contributed by atoms with Crippen molar-refractivity contribution in [1.82, 2.24) is 5.32 Å². The first kappa shape index (κ1) is 14.3. The zero-order valence-corrected chi connectivity index (χ0v) is 11.0. The Morgan fingerprint density at radius 2 is 2.22 bits per heavy atom. The van der Waals surface area contributed by atoms with Crippen LogP contribution in [0.5, 0.6) is 0 Å². The molecule has 0 fully saturated rings. The Morgan fingerprint density at radius 3 is 2.78 bits per heavy atom. The van der Waals surface area contributed by atoms with Crippen molar-refractivity contribution >= 4 is 29.0 Å². The van der Waals surface area contributed by atoms with Gasteiger partial charge >= 0.3 is 0 Å². The molecule has 0 radical (unpaired) electrons. The van der Waals surface area contributed by atoms with Gasteiger partial charge < -0.3 is 10.6 Å². The Hall–Kier alpha value is -1.76. The van der Waals surface area contributed by atoms with Gasteiger partial charge in [0, 0.05) is 31.0 Å². The minimum atomic E-state index is -0.463. The lowest BCUT2D eigenvalue weighted by atomic mass is 10.1. The number of benzene rings is 1. The van der Waals surface area contributed by atoms with Crippen LogP contribution in [0.3, 0.4) is 0 Å². The number of nitro groups is 1. The molecule has 0 aliphatic rings. The summed E-state index contributed by atoms with van der Waals surface area (Å²) >= 11 is 1.64. The van der Waals surface area contributed by atoms with Crippen molar-refractivity contribution in [3.8, 4) is 0 Å². The molecule has 1 aromatic rings. The van der Waals surface area contributed by atoms with E-state index in [4.69, 9.17) is 0 Å². The fourth-order valence-electron chi connectivity index (χ4n) is 1.41. The van der Waals surface area contributed by atoms with Crippen LogP contribution < -0.4 is 10.6 Å². The molecular weight excluding hydrogens is 254 g/mol. The Labute approximate surface area is 109 Å². The SMILES string of the molecule is CNC(=O)c1ccc([N+](=O)[O-])c(NCCSC)c1. The number of carbonyl (C=O) groups excluding carboxylic acids is 1. The molecule has 98 valence electrons. The first-order valence-corrected chi connectivity index (χ1v) is 6.73. The van der Waals surface area contributed by atoms with Gasteiger partial charge in [-0.25, -0.2) is 0 Å². The van der Waals surface area contributed by atoms with E-state index in [2.05, 4.69) is 10.6 Å². The first-order valence-electron chi connectivity index (χ1n) is 5.33. The molecule has 6 nitrogen and oxygen atoms in total. The van der Waals surface area contributed by atoms with E-state index in [0.717, 1.165) is 5.75 Å². The van der Waals surface area contributed by atoms with E-state index in [1.807, 2.05) is 6.26 Å². The number of anilines is 1. The normalized spacial score (nSPS) is 9.89. The van der Waals surface area contributed by atoms with Gasteiger partial charge in [-0.1, -0.05) is 0 Å². The van der Waals surface area contributed by atoms with Crippen molar-refractivity contribution in [2.45, 2.75) is 0 Å². The maximum Gasteiger partial charge on any atom is 0.292 e. The monoisotopic (exact) mass is 269 g/mol. The number of carbonyl (C=O) groups is 1. The van der Waals surface area contributed by atoms with Crippen LogP contribution in [0.2, 0.25) is 0 Å². The molecule has 0 spiro atoms. The molecule has 18 heavy (non-hydrogen) atoms. The molecule has 0 saturated heterocycles. The number of nitrogens with zero attached hydrogens (tertiary/aromatic N) is 1. The molecule has 1 aromatic carbocycles. The minimum absolute atomic E-state index is 0.0243. The quantitative estimate of drug-likeness (QED) is 0.467. The summed E-state index contributed by atoms with van der Waals surface area (Å²) in [5.74, 6) is 0.569. The van der Waals surface area contributed by atoms with Gasteiger partial charge in [-0.05, 0) is 18.4 Å². The van der Waals surface area contributed by atoms with Crippen molar-refractivity contribution < 1.29 is 9.72 Å². The molecule has 0 atom stereocenters. The number of nitrogens with one attached hydrogen (secondary N) is 2. The van der Waals surface area contributed by atoms with E-state index >= 15 is 0 Å². The van der Waals surface area contributed by atoms with Gasteiger partial charge in [0.05, 0.1) is 4.92 Å². The molecule has 0 bridgehead atoms. The number of hydrogen-bond donors (Lipinski definition) is 2. The van der Waals surface area contributed by atoms with E-state index in [-0.39, 0.29) is 11.6 Å². The average molecular weight is 269 g/mol. The van der Waals surface area contributed by atoms with Gasteiger partial charge in [-0.3, -0.25) is 14.9 Å². The van der Waals surface area contributed by atoms with Crippen molar-refractivity contribution in [3.05, 3.63) is 33.9 Å². The van der Waals surface area contributed by atoms with Crippen LogP contribution in [0, 0.1) is 10.1 Å². The third kappa shape index (κ3) is 3.63. The van der Waals surface area contributed by atoms with Crippen molar-refractivity contribution in [2.75, 3.05) is 30.9 Å². The summed E-state index contributed by atoms with van der Waals surface area (Å²) in [6, 6.07) is 4.28. The summed E-state index contributed by atoms with van der Waals surface area (Å²) in [7, 11) is 1.52. The van der Waals surface area contributed by atoms with Crippen LogP contribution in [0.1, 0.15) is 10.4 Å². The molecule has 0 heterocycles. The first-order chi connectivity index (χ1) is 8.60. The zero-order valence-electron chi connectivity index (χ0n) is 10.2. The average Bonchev–Trinajstić information content (AvgIpc) is 2.37. The van der Waals surface area contributed by atoms with Gasteiger partial charge in [-0.15, -0.1) is 0 Å². The fraction of sp³-hybridized carbons (Fsp3) is 0.364. The van der Waals surface area contributed by atoms with Crippen LogP contribution in [0.4, 0.5) is 11.4 Å². The zero-order chi connectivity index (χ0) is 13.5. The van der Waals surface area contributed by atoms with E-state index in [0.29, 0.717) is 17.8 Å². The summed E-state index contributed by atoms with van der Waals surface area (Å²) in [6.07, 6.45) is 1.96.